The van der Waals surface area contributed by atoms with Crippen LogP contribution < -0.4 is 0 Å². The molecule has 3 aromatic rings. The summed E-state index contributed by atoms with van der Waals surface area (Å²) in [4.78, 5) is 0. The Labute approximate surface area is 121 Å². The molecule has 0 aliphatic carbocycles. The lowest BCUT2D eigenvalue weighted by Crippen LogP contribution is -1.90. The summed E-state index contributed by atoms with van der Waals surface area (Å²) >= 11 is 0. The Kier molecular flexibility index (Phi) is 3.09. The van der Waals surface area contributed by atoms with E-state index < -0.39 is 5.82 Å². The van der Waals surface area contributed by atoms with Gasteiger partial charge in [0.25, 0.3) is 0 Å². The molecule has 0 saturated heterocycles. The Morgan fingerprint density at radius 2 is 1.71 bits per heavy atom. The lowest BCUT2D eigenvalue weighted by molar-refractivity contribution is 0.433. The van der Waals surface area contributed by atoms with E-state index >= 15 is 0 Å². The molecule has 1 aromatic heterocycles. The first-order chi connectivity index (χ1) is 9.97. The number of rotatable bonds is 2. The molecule has 108 valence electrons. The van der Waals surface area contributed by atoms with Crippen LogP contribution in [0.5, 0.6) is 11.5 Å². The third-order valence-electron chi connectivity index (χ3n) is 3.49. The van der Waals surface area contributed by atoms with Gasteiger partial charge in [0.2, 0.25) is 0 Å². The van der Waals surface area contributed by atoms with Gasteiger partial charge in [0.05, 0.1) is 0 Å². The first-order valence-electron chi connectivity index (χ1n) is 6.71. The van der Waals surface area contributed by atoms with Gasteiger partial charge in [0.1, 0.15) is 17.3 Å². The summed E-state index contributed by atoms with van der Waals surface area (Å²) in [6.07, 6.45) is 0. The van der Waals surface area contributed by atoms with Gasteiger partial charge < -0.3 is 14.6 Å². The van der Waals surface area contributed by atoms with Crippen LogP contribution in [-0.4, -0.2) is 10.2 Å². The maximum atomic E-state index is 13.7. The van der Waals surface area contributed by atoms with E-state index in [1.54, 1.807) is 18.2 Å². The highest BCUT2D eigenvalue weighted by atomic mass is 19.1. The van der Waals surface area contributed by atoms with Crippen molar-refractivity contribution >= 4 is 11.0 Å². The lowest BCUT2D eigenvalue weighted by atomic mass is 9.98. The Bertz CT molecular complexity index is 795. The molecule has 0 amide bonds. The highest BCUT2D eigenvalue weighted by Crippen LogP contribution is 2.39. The number of furan rings is 1. The normalized spacial score (nSPS) is 11.4. The van der Waals surface area contributed by atoms with Gasteiger partial charge in [-0.1, -0.05) is 26.0 Å². The number of fused-ring (bicyclic) bond motifs is 1. The van der Waals surface area contributed by atoms with Crippen LogP contribution in [0, 0.1) is 5.82 Å². The first kappa shape index (κ1) is 13.5. The second kappa shape index (κ2) is 4.81. The molecule has 0 spiro atoms. The molecule has 0 fully saturated rings. The fourth-order valence-electron chi connectivity index (χ4n) is 2.53. The van der Waals surface area contributed by atoms with Crippen molar-refractivity contribution in [2.24, 2.45) is 0 Å². The van der Waals surface area contributed by atoms with Gasteiger partial charge in [-0.15, -0.1) is 0 Å². The van der Waals surface area contributed by atoms with Crippen LogP contribution in [0.3, 0.4) is 0 Å². The predicted molar refractivity (Wildman–Crippen MR) is 79.0 cm³/mol. The summed E-state index contributed by atoms with van der Waals surface area (Å²) in [5.41, 5.74) is 1.16. The van der Waals surface area contributed by atoms with Crippen molar-refractivity contribution in [1.82, 2.24) is 0 Å². The van der Waals surface area contributed by atoms with E-state index in [1.807, 2.05) is 13.8 Å². The molecular formula is C17H15FO3. The van der Waals surface area contributed by atoms with E-state index in [2.05, 4.69) is 0 Å². The quantitative estimate of drug-likeness (QED) is 0.713. The topological polar surface area (TPSA) is 53.6 Å². The molecule has 0 unspecified atom stereocenters. The first-order valence-corrected chi connectivity index (χ1v) is 6.71. The third kappa shape index (κ3) is 2.23. The molecule has 0 saturated carbocycles. The van der Waals surface area contributed by atoms with Crippen LogP contribution in [0.1, 0.15) is 25.3 Å². The van der Waals surface area contributed by atoms with E-state index in [-0.39, 0.29) is 23.0 Å². The summed E-state index contributed by atoms with van der Waals surface area (Å²) in [7, 11) is 0. The van der Waals surface area contributed by atoms with Crippen molar-refractivity contribution in [3.8, 4) is 22.8 Å². The van der Waals surface area contributed by atoms with E-state index in [9.17, 15) is 14.6 Å². The number of halogens is 1. The van der Waals surface area contributed by atoms with Crippen molar-refractivity contribution in [2.75, 3.05) is 0 Å². The van der Waals surface area contributed by atoms with Crippen molar-refractivity contribution in [2.45, 2.75) is 19.8 Å². The average molecular weight is 286 g/mol. The van der Waals surface area contributed by atoms with E-state index in [0.717, 1.165) is 0 Å². The fraction of sp³-hybridized carbons (Fsp3) is 0.176. The number of para-hydroxylation sites is 1. The molecular weight excluding hydrogens is 271 g/mol. The Balaban J connectivity index is 2.17. The number of phenolic OH excluding ortho intramolecular Hbond substituents is 2. The van der Waals surface area contributed by atoms with Gasteiger partial charge in [-0.2, -0.15) is 0 Å². The fourth-order valence-corrected chi connectivity index (χ4v) is 2.53. The number of hydrogen-bond acceptors (Lipinski definition) is 3. The molecule has 1 heterocycles. The van der Waals surface area contributed by atoms with Crippen molar-refractivity contribution in [3.63, 3.8) is 0 Å². The van der Waals surface area contributed by atoms with Gasteiger partial charge in [-0.25, -0.2) is 4.39 Å². The van der Waals surface area contributed by atoms with E-state index in [0.29, 0.717) is 22.3 Å². The average Bonchev–Trinajstić information content (AvgIpc) is 2.82. The highest BCUT2D eigenvalue weighted by molar-refractivity contribution is 5.83. The number of phenols is 2. The molecule has 0 atom stereocenters. The lowest BCUT2D eigenvalue weighted by Gasteiger charge is -2.11. The summed E-state index contributed by atoms with van der Waals surface area (Å²) in [6, 6.07) is 9.39. The molecule has 0 bridgehead atoms. The smallest absolute Gasteiger partial charge is 0.170 e. The largest absolute Gasteiger partial charge is 0.507 e. The molecule has 2 aromatic carbocycles. The van der Waals surface area contributed by atoms with Crippen molar-refractivity contribution < 1.29 is 19.0 Å². The van der Waals surface area contributed by atoms with Gasteiger partial charge in [-0.3, -0.25) is 0 Å². The van der Waals surface area contributed by atoms with Crippen LogP contribution in [-0.2, 0) is 0 Å². The maximum Gasteiger partial charge on any atom is 0.170 e. The van der Waals surface area contributed by atoms with Gasteiger partial charge in [0, 0.05) is 16.5 Å². The van der Waals surface area contributed by atoms with Gasteiger partial charge in [0.15, 0.2) is 11.4 Å². The molecule has 2 N–H and O–H groups in total. The molecule has 0 aliphatic heterocycles. The second-order valence-electron chi connectivity index (χ2n) is 5.35. The molecule has 0 aliphatic rings. The van der Waals surface area contributed by atoms with Crippen molar-refractivity contribution in [3.05, 3.63) is 47.8 Å². The summed E-state index contributed by atoms with van der Waals surface area (Å²) in [5, 5.41) is 20.8. The molecule has 3 rings (SSSR count). The second-order valence-corrected chi connectivity index (χ2v) is 5.35. The van der Waals surface area contributed by atoms with Crippen LogP contribution in [0.4, 0.5) is 4.39 Å². The number of hydrogen-bond donors (Lipinski definition) is 2. The third-order valence-corrected chi connectivity index (χ3v) is 3.49. The minimum Gasteiger partial charge on any atom is -0.507 e. The maximum absolute atomic E-state index is 13.7. The Hall–Kier alpha value is -2.49. The minimum absolute atomic E-state index is 0.000859. The Morgan fingerprint density at radius 1 is 1.05 bits per heavy atom. The number of aromatic hydroxyl groups is 2. The summed E-state index contributed by atoms with van der Waals surface area (Å²) in [6.45, 7) is 3.76. The van der Waals surface area contributed by atoms with Crippen LogP contribution in [0.15, 0.2) is 40.8 Å². The molecule has 0 radical (unpaired) electrons. The zero-order valence-corrected chi connectivity index (χ0v) is 11.7. The monoisotopic (exact) mass is 286 g/mol. The van der Waals surface area contributed by atoms with Crippen molar-refractivity contribution in [1.29, 1.82) is 0 Å². The van der Waals surface area contributed by atoms with E-state index in [1.165, 1.54) is 18.2 Å². The SMILES string of the molecule is CC(C)c1c(O)cc(-c2cc3cccc(F)c3o2)cc1O. The zero-order chi connectivity index (χ0) is 15.1. The van der Waals surface area contributed by atoms with Crippen LogP contribution in [0.2, 0.25) is 0 Å². The van der Waals surface area contributed by atoms with Crippen LogP contribution >= 0.6 is 0 Å². The minimum atomic E-state index is -0.439. The predicted octanol–water partition coefficient (Wildman–Crippen LogP) is 4.77. The highest BCUT2D eigenvalue weighted by Gasteiger charge is 2.16. The van der Waals surface area contributed by atoms with Gasteiger partial charge in [-0.05, 0) is 30.2 Å². The molecule has 3 nitrogen and oxygen atoms in total. The summed E-state index contributed by atoms with van der Waals surface area (Å²) in [5.74, 6) is -0.0453. The Morgan fingerprint density at radius 3 is 2.29 bits per heavy atom. The summed E-state index contributed by atoms with van der Waals surface area (Å²) < 4.78 is 19.1. The van der Waals surface area contributed by atoms with Crippen LogP contribution in [0.25, 0.3) is 22.3 Å². The number of benzene rings is 2. The van der Waals surface area contributed by atoms with Gasteiger partial charge >= 0.3 is 0 Å². The molecule has 21 heavy (non-hydrogen) atoms. The zero-order valence-electron chi connectivity index (χ0n) is 11.7. The standard InChI is InChI=1S/C17H15FO3/c1-9(2)16-13(19)6-11(7-14(16)20)15-8-10-4-3-5-12(18)17(10)21-15/h3-9,19-20H,1-2H3. The molecule has 4 heteroatoms. The van der Waals surface area contributed by atoms with E-state index in [4.69, 9.17) is 4.42 Å².